The Morgan fingerprint density at radius 3 is 2.88 bits per heavy atom. The van der Waals surface area contributed by atoms with Crippen LogP contribution < -0.4 is 4.90 Å². The Balaban J connectivity index is 2.00. The molecule has 2 aliphatic heterocycles. The molecule has 3 rings (SSSR count). The summed E-state index contributed by atoms with van der Waals surface area (Å²) in [6, 6.07) is 7.01. The number of fused-ring (bicyclic) bond motifs is 1. The van der Waals surface area contributed by atoms with E-state index >= 15 is 0 Å². The predicted molar refractivity (Wildman–Crippen MR) is 99.6 cm³/mol. The minimum atomic E-state index is -3.06. The molecule has 1 aromatic carbocycles. The minimum Gasteiger partial charge on any atom is -0.316 e. The van der Waals surface area contributed by atoms with Gasteiger partial charge in [0.15, 0.2) is 15.0 Å². The Morgan fingerprint density at radius 1 is 1.46 bits per heavy atom. The van der Waals surface area contributed by atoms with Crippen LogP contribution >= 0.6 is 23.4 Å². The Morgan fingerprint density at radius 2 is 2.21 bits per heavy atom. The number of amides is 1. The van der Waals surface area contributed by atoms with Crippen LogP contribution in [0.4, 0.5) is 5.69 Å². The Kier molecular flexibility index (Phi) is 4.95. The standard InChI is InChI=1S/C16H19ClN2O3S2/c1-3-10(2)15(20)18-16-19(12-6-4-5-11(17)7-12)13-8-24(21,22)9-14(13)23-16/h4-7,10,13-14H,3,8-9H2,1-2H3/t10-,13-,14+/m1/s1. The van der Waals surface area contributed by atoms with Crippen LogP contribution in [-0.4, -0.2) is 42.3 Å². The molecule has 2 saturated heterocycles. The number of benzene rings is 1. The normalized spacial score (nSPS) is 28.1. The lowest BCUT2D eigenvalue weighted by atomic mass is 10.1. The number of aliphatic imine (C=N–C) groups is 1. The number of thioether (sulfide) groups is 1. The molecule has 8 heteroatoms. The van der Waals surface area contributed by atoms with Gasteiger partial charge in [-0.15, -0.1) is 0 Å². The maximum Gasteiger partial charge on any atom is 0.250 e. The molecule has 0 aliphatic carbocycles. The fourth-order valence-corrected chi connectivity index (χ4v) is 6.98. The van der Waals surface area contributed by atoms with Crippen molar-refractivity contribution in [1.29, 1.82) is 0 Å². The molecule has 0 spiro atoms. The number of sulfone groups is 1. The first-order valence-electron chi connectivity index (χ1n) is 7.85. The van der Waals surface area contributed by atoms with Crippen LogP contribution in [0.25, 0.3) is 0 Å². The van der Waals surface area contributed by atoms with Crippen LogP contribution in [0.5, 0.6) is 0 Å². The third-order valence-electron chi connectivity index (χ3n) is 4.39. The second kappa shape index (κ2) is 6.69. The summed E-state index contributed by atoms with van der Waals surface area (Å²) in [4.78, 5) is 18.4. The zero-order valence-electron chi connectivity index (χ0n) is 13.5. The fraction of sp³-hybridized carbons (Fsp3) is 0.500. The number of halogens is 1. The summed E-state index contributed by atoms with van der Waals surface area (Å²) in [6.45, 7) is 3.79. The van der Waals surface area contributed by atoms with E-state index in [1.807, 2.05) is 30.9 Å². The van der Waals surface area contributed by atoms with Crippen molar-refractivity contribution in [2.75, 3.05) is 16.4 Å². The zero-order chi connectivity index (χ0) is 17.5. The van der Waals surface area contributed by atoms with E-state index in [4.69, 9.17) is 11.6 Å². The number of hydrogen-bond donors (Lipinski definition) is 0. The average Bonchev–Trinajstić information content (AvgIpc) is 2.97. The molecule has 2 aliphatic rings. The molecule has 3 atom stereocenters. The molecule has 0 radical (unpaired) electrons. The summed E-state index contributed by atoms with van der Waals surface area (Å²) < 4.78 is 24.0. The van der Waals surface area contributed by atoms with Crippen LogP contribution in [-0.2, 0) is 14.6 Å². The van der Waals surface area contributed by atoms with Gasteiger partial charge in [-0.3, -0.25) is 4.79 Å². The molecular weight excluding hydrogens is 368 g/mol. The van der Waals surface area contributed by atoms with E-state index in [1.165, 1.54) is 11.8 Å². The lowest BCUT2D eigenvalue weighted by Gasteiger charge is -2.24. The van der Waals surface area contributed by atoms with Gasteiger partial charge in [0.05, 0.1) is 17.5 Å². The van der Waals surface area contributed by atoms with Crippen LogP contribution in [0, 0.1) is 5.92 Å². The van der Waals surface area contributed by atoms with E-state index in [-0.39, 0.29) is 34.6 Å². The number of carbonyl (C=O) groups is 1. The maximum absolute atomic E-state index is 12.2. The number of anilines is 1. The summed E-state index contributed by atoms with van der Waals surface area (Å²) >= 11 is 7.47. The molecule has 2 fully saturated rings. The number of carbonyl (C=O) groups excluding carboxylic acids is 1. The molecule has 0 aromatic heterocycles. The number of amidine groups is 1. The number of rotatable bonds is 3. The van der Waals surface area contributed by atoms with Crippen molar-refractivity contribution in [2.24, 2.45) is 10.9 Å². The van der Waals surface area contributed by atoms with E-state index in [2.05, 4.69) is 4.99 Å². The summed E-state index contributed by atoms with van der Waals surface area (Å²) in [7, 11) is -3.06. The van der Waals surface area contributed by atoms with Crippen LogP contribution in [0.1, 0.15) is 20.3 Å². The van der Waals surface area contributed by atoms with Crippen molar-refractivity contribution in [2.45, 2.75) is 31.6 Å². The predicted octanol–water partition coefficient (Wildman–Crippen LogP) is 2.99. The molecular formula is C16H19ClN2O3S2. The van der Waals surface area contributed by atoms with E-state index < -0.39 is 9.84 Å². The van der Waals surface area contributed by atoms with Crippen LogP contribution in [0.3, 0.4) is 0 Å². The van der Waals surface area contributed by atoms with E-state index in [0.717, 1.165) is 12.1 Å². The van der Waals surface area contributed by atoms with Gasteiger partial charge in [-0.1, -0.05) is 43.3 Å². The smallest absolute Gasteiger partial charge is 0.250 e. The number of hydrogen-bond acceptors (Lipinski definition) is 4. The first kappa shape index (κ1) is 17.8. The minimum absolute atomic E-state index is 0.0771. The molecule has 1 aromatic rings. The topological polar surface area (TPSA) is 66.8 Å². The summed E-state index contributed by atoms with van der Waals surface area (Å²) in [6.07, 6.45) is 0.721. The highest BCUT2D eigenvalue weighted by molar-refractivity contribution is 8.16. The second-order valence-corrected chi connectivity index (χ2v) is 9.99. The van der Waals surface area contributed by atoms with Crippen molar-refractivity contribution in [3.05, 3.63) is 29.3 Å². The van der Waals surface area contributed by atoms with Gasteiger partial charge in [0.2, 0.25) is 0 Å². The Bertz CT molecular complexity index is 794. The van der Waals surface area contributed by atoms with Crippen molar-refractivity contribution in [3.63, 3.8) is 0 Å². The molecule has 5 nitrogen and oxygen atoms in total. The molecule has 130 valence electrons. The quantitative estimate of drug-likeness (QED) is 0.798. The highest BCUT2D eigenvalue weighted by Gasteiger charge is 2.49. The maximum atomic E-state index is 12.2. The van der Waals surface area contributed by atoms with Crippen LogP contribution in [0.15, 0.2) is 29.3 Å². The Hall–Kier alpha value is -1.05. The van der Waals surface area contributed by atoms with Crippen molar-refractivity contribution >= 4 is 50.0 Å². The van der Waals surface area contributed by atoms with Crippen molar-refractivity contribution in [3.8, 4) is 0 Å². The molecule has 0 N–H and O–H groups in total. The molecule has 0 saturated carbocycles. The van der Waals surface area contributed by atoms with Gasteiger partial charge in [0.25, 0.3) is 5.91 Å². The lowest BCUT2D eigenvalue weighted by Crippen LogP contribution is -2.37. The monoisotopic (exact) mass is 386 g/mol. The van der Waals surface area contributed by atoms with E-state index in [1.54, 1.807) is 12.1 Å². The molecule has 24 heavy (non-hydrogen) atoms. The highest BCUT2D eigenvalue weighted by atomic mass is 35.5. The lowest BCUT2D eigenvalue weighted by molar-refractivity contribution is -0.121. The number of nitrogens with zero attached hydrogens (tertiary/aromatic N) is 2. The Labute approximate surface area is 151 Å². The zero-order valence-corrected chi connectivity index (χ0v) is 15.9. The van der Waals surface area contributed by atoms with Gasteiger partial charge in [-0.25, -0.2) is 8.42 Å². The van der Waals surface area contributed by atoms with Crippen LogP contribution in [0.2, 0.25) is 5.02 Å². The SMILES string of the molecule is CC[C@@H](C)C(=O)N=C1S[C@H]2CS(=O)(=O)C[C@H]2N1c1cccc(Cl)c1. The van der Waals surface area contributed by atoms with Crippen molar-refractivity contribution in [1.82, 2.24) is 0 Å². The van der Waals surface area contributed by atoms with Crippen molar-refractivity contribution < 1.29 is 13.2 Å². The molecule has 0 bridgehead atoms. The summed E-state index contributed by atoms with van der Waals surface area (Å²) in [5.41, 5.74) is 0.773. The van der Waals surface area contributed by atoms with Gasteiger partial charge in [-0.05, 0) is 24.6 Å². The van der Waals surface area contributed by atoms with E-state index in [9.17, 15) is 13.2 Å². The molecule has 0 unspecified atom stereocenters. The van der Waals surface area contributed by atoms with Gasteiger partial charge >= 0.3 is 0 Å². The average molecular weight is 387 g/mol. The third-order valence-corrected chi connectivity index (χ3v) is 7.84. The van der Waals surface area contributed by atoms with Gasteiger partial charge in [0, 0.05) is 21.9 Å². The summed E-state index contributed by atoms with van der Waals surface area (Å²) in [5.74, 6) is -0.123. The third kappa shape index (κ3) is 3.48. The second-order valence-electron chi connectivity index (χ2n) is 6.19. The molecule has 2 heterocycles. The summed E-state index contributed by atoms with van der Waals surface area (Å²) in [5, 5.41) is 1.04. The van der Waals surface area contributed by atoms with Gasteiger partial charge in [-0.2, -0.15) is 4.99 Å². The first-order valence-corrected chi connectivity index (χ1v) is 10.9. The largest absolute Gasteiger partial charge is 0.316 e. The van der Waals surface area contributed by atoms with Gasteiger partial charge < -0.3 is 4.90 Å². The fourth-order valence-electron chi connectivity index (χ4n) is 2.87. The van der Waals surface area contributed by atoms with E-state index in [0.29, 0.717) is 10.2 Å². The first-order chi connectivity index (χ1) is 11.3. The van der Waals surface area contributed by atoms with Gasteiger partial charge in [0.1, 0.15) is 0 Å². The molecule has 1 amide bonds. The highest BCUT2D eigenvalue weighted by Crippen LogP contribution is 2.41.